The van der Waals surface area contributed by atoms with E-state index in [0.29, 0.717) is 5.95 Å². The molecule has 264 valence electrons. The summed E-state index contributed by atoms with van der Waals surface area (Å²) in [5, 5.41) is 13.3. The van der Waals surface area contributed by atoms with Crippen molar-refractivity contribution in [2.75, 3.05) is 0 Å². The zero-order valence-electron chi connectivity index (χ0n) is 30.5. The first kappa shape index (κ1) is 30.9. The van der Waals surface area contributed by atoms with Gasteiger partial charge in [-0.15, -0.1) is 11.3 Å². The summed E-state index contributed by atoms with van der Waals surface area (Å²) in [7, 11) is 0. The standard InChI is InChI=1S/C52H30N4S/c1-2-14-34-31(12-1)24-26-46-50(34)38-18-5-9-21-44(38)55(46)45-22-11-13-32-29-47-40(30-39(32)45)35-15-4-8-20-43(35)56(47)52-53-42-19-7-3-17-37(42)51(54-52)33-25-27-49-41(28-33)36-16-6-10-23-48(36)57-49/h1-30H. The van der Waals surface area contributed by atoms with E-state index in [-0.39, 0.29) is 0 Å². The van der Waals surface area contributed by atoms with Crippen LogP contribution in [-0.2, 0) is 0 Å². The molecule has 0 aliphatic rings. The average Bonchev–Trinajstić information content (AvgIpc) is 3.92. The Morgan fingerprint density at radius 3 is 1.96 bits per heavy atom. The second kappa shape index (κ2) is 11.6. The monoisotopic (exact) mass is 742 g/mol. The van der Waals surface area contributed by atoms with Crippen molar-refractivity contribution in [1.29, 1.82) is 0 Å². The molecule has 5 heteroatoms. The quantitative estimate of drug-likeness (QED) is 0.181. The Hall–Kier alpha value is -7.34. The molecule has 0 bridgehead atoms. The third-order valence-electron chi connectivity index (χ3n) is 11.9. The fourth-order valence-corrected chi connectivity index (χ4v) is 10.5. The van der Waals surface area contributed by atoms with E-state index in [4.69, 9.17) is 9.97 Å². The van der Waals surface area contributed by atoms with Crippen LogP contribution in [0.15, 0.2) is 182 Å². The van der Waals surface area contributed by atoms with E-state index in [0.717, 1.165) is 44.3 Å². The summed E-state index contributed by atoms with van der Waals surface area (Å²) in [6.45, 7) is 0. The van der Waals surface area contributed by atoms with Crippen LogP contribution in [0.4, 0.5) is 0 Å². The van der Waals surface area contributed by atoms with E-state index in [1.54, 1.807) is 0 Å². The maximum absolute atomic E-state index is 5.47. The summed E-state index contributed by atoms with van der Waals surface area (Å²) in [5.41, 5.74) is 8.65. The number of thiophene rings is 1. The Bertz CT molecular complexity index is 3830. The summed E-state index contributed by atoms with van der Waals surface area (Å²) >= 11 is 1.84. The van der Waals surface area contributed by atoms with Crippen LogP contribution < -0.4 is 0 Å². The molecule has 4 heterocycles. The van der Waals surface area contributed by atoms with Crippen LogP contribution in [-0.4, -0.2) is 19.1 Å². The first-order chi connectivity index (χ1) is 28.3. The Balaban J connectivity index is 1.08. The van der Waals surface area contributed by atoms with Crippen LogP contribution in [0.5, 0.6) is 0 Å². The molecule has 0 saturated heterocycles. The van der Waals surface area contributed by atoms with Gasteiger partial charge in [0, 0.05) is 58.1 Å². The second-order valence-electron chi connectivity index (χ2n) is 15.0. The van der Waals surface area contributed by atoms with Crippen LogP contribution in [0.3, 0.4) is 0 Å². The van der Waals surface area contributed by atoms with Crippen LogP contribution >= 0.6 is 11.3 Å². The molecule has 9 aromatic carbocycles. The molecule has 0 amide bonds. The van der Waals surface area contributed by atoms with Crippen LogP contribution in [0.2, 0.25) is 0 Å². The molecule has 4 aromatic heterocycles. The van der Waals surface area contributed by atoms with Gasteiger partial charge in [-0.3, -0.25) is 4.57 Å². The molecule has 0 aliphatic carbocycles. The summed E-state index contributed by atoms with van der Waals surface area (Å²) in [5.74, 6) is 0.662. The highest BCUT2D eigenvalue weighted by molar-refractivity contribution is 7.25. The van der Waals surface area contributed by atoms with Gasteiger partial charge >= 0.3 is 0 Å². The number of para-hydroxylation sites is 3. The number of rotatable bonds is 3. The van der Waals surface area contributed by atoms with Gasteiger partial charge in [-0.1, -0.05) is 121 Å². The number of hydrogen-bond acceptors (Lipinski definition) is 3. The maximum atomic E-state index is 5.47. The Morgan fingerprint density at radius 1 is 0.368 bits per heavy atom. The maximum Gasteiger partial charge on any atom is 0.235 e. The lowest BCUT2D eigenvalue weighted by Gasteiger charge is -2.14. The molecule has 0 fully saturated rings. The minimum atomic E-state index is 0.662. The van der Waals surface area contributed by atoms with Crippen molar-refractivity contribution < 1.29 is 0 Å². The third kappa shape index (κ3) is 4.37. The first-order valence-corrected chi connectivity index (χ1v) is 20.1. The highest BCUT2D eigenvalue weighted by Gasteiger charge is 2.21. The zero-order valence-corrected chi connectivity index (χ0v) is 31.3. The molecule has 0 atom stereocenters. The summed E-state index contributed by atoms with van der Waals surface area (Å²) in [4.78, 5) is 10.8. The van der Waals surface area contributed by atoms with Gasteiger partial charge in [0.2, 0.25) is 5.95 Å². The molecule has 0 radical (unpaired) electrons. The van der Waals surface area contributed by atoms with Gasteiger partial charge < -0.3 is 4.57 Å². The summed E-state index contributed by atoms with van der Waals surface area (Å²) < 4.78 is 7.29. The van der Waals surface area contributed by atoms with E-state index >= 15 is 0 Å². The SMILES string of the molecule is c1cc(-n2c3ccccc3c3c4ccccc4ccc32)c2cc3c4ccccc4n(-c4nc(-c5ccc6sc7ccccc7c6c5)c5ccccc5n4)c3cc2c1. The molecule has 0 saturated carbocycles. The van der Waals surface area contributed by atoms with E-state index in [1.807, 2.05) is 11.3 Å². The Morgan fingerprint density at radius 2 is 1.07 bits per heavy atom. The van der Waals surface area contributed by atoms with Gasteiger partial charge in [-0.05, 0) is 76.8 Å². The van der Waals surface area contributed by atoms with Gasteiger partial charge in [0.1, 0.15) is 0 Å². The molecule has 0 N–H and O–H groups in total. The third-order valence-corrected chi connectivity index (χ3v) is 13.0. The molecule has 57 heavy (non-hydrogen) atoms. The van der Waals surface area contributed by atoms with Gasteiger partial charge in [-0.2, -0.15) is 0 Å². The largest absolute Gasteiger partial charge is 0.309 e. The fraction of sp³-hybridized carbons (Fsp3) is 0. The predicted molar refractivity (Wildman–Crippen MR) is 242 cm³/mol. The number of benzene rings is 9. The Kier molecular flexibility index (Phi) is 6.29. The molecule has 0 unspecified atom stereocenters. The number of fused-ring (bicyclic) bond motifs is 13. The molecule has 0 aliphatic heterocycles. The van der Waals surface area contributed by atoms with Crippen molar-refractivity contribution in [2.45, 2.75) is 0 Å². The number of hydrogen-bond donors (Lipinski definition) is 0. The van der Waals surface area contributed by atoms with Crippen LogP contribution in [0.25, 0.3) is 119 Å². The van der Waals surface area contributed by atoms with Crippen molar-refractivity contribution in [2.24, 2.45) is 0 Å². The number of nitrogens with zero attached hydrogens (tertiary/aromatic N) is 4. The van der Waals surface area contributed by atoms with Gasteiger partial charge in [0.05, 0.1) is 39.0 Å². The van der Waals surface area contributed by atoms with Gasteiger partial charge in [0.25, 0.3) is 0 Å². The zero-order chi connectivity index (χ0) is 37.2. The first-order valence-electron chi connectivity index (χ1n) is 19.3. The van der Waals surface area contributed by atoms with Crippen molar-refractivity contribution in [3.8, 4) is 22.9 Å². The molecule has 13 rings (SSSR count). The summed E-state index contributed by atoms with van der Waals surface area (Å²) in [6, 6.07) is 66.0. The van der Waals surface area contributed by atoms with Crippen LogP contribution in [0, 0.1) is 0 Å². The molecule has 13 aromatic rings. The van der Waals surface area contributed by atoms with Gasteiger partial charge in [-0.25, -0.2) is 9.97 Å². The van der Waals surface area contributed by atoms with Crippen molar-refractivity contribution in [1.82, 2.24) is 19.1 Å². The normalized spacial score (nSPS) is 12.2. The molecular formula is C52H30N4S. The average molecular weight is 743 g/mol. The molecule has 0 spiro atoms. The lowest BCUT2D eigenvalue weighted by Crippen LogP contribution is -2.03. The highest BCUT2D eigenvalue weighted by Crippen LogP contribution is 2.42. The lowest BCUT2D eigenvalue weighted by molar-refractivity contribution is 1.01. The van der Waals surface area contributed by atoms with E-state index < -0.39 is 0 Å². The Labute approximate surface area is 330 Å². The fourth-order valence-electron chi connectivity index (χ4n) is 9.39. The second-order valence-corrected chi connectivity index (χ2v) is 16.0. The van der Waals surface area contributed by atoms with Gasteiger partial charge in [0.15, 0.2) is 0 Å². The van der Waals surface area contributed by atoms with E-state index in [2.05, 4.69) is 191 Å². The van der Waals surface area contributed by atoms with E-state index in [9.17, 15) is 0 Å². The highest BCUT2D eigenvalue weighted by atomic mass is 32.1. The summed E-state index contributed by atoms with van der Waals surface area (Å²) in [6.07, 6.45) is 0. The van der Waals surface area contributed by atoms with E-state index in [1.165, 1.54) is 68.9 Å². The van der Waals surface area contributed by atoms with Crippen molar-refractivity contribution >= 4 is 108 Å². The van der Waals surface area contributed by atoms with Crippen molar-refractivity contribution in [3.63, 3.8) is 0 Å². The minimum Gasteiger partial charge on any atom is -0.309 e. The molecule has 4 nitrogen and oxygen atoms in total. The molecular weight excluding hydrogens is 713 g/mol. The van der Waals surface area contributed by atoms with Crippen LogP contribution in [0.1, 0.15) is 0 Å². The smallest absolute Gasteiger partial charge is 0.235 e. The lowest BCUT2D eigenvalue weighted by atomic mass is 10.0. The van der Waals surface area contributed by atoms with Crippen molar-refractivity contribution in [3.05, 3.63) is 182 Å². The predicted octanol–water partition coefficient (Wildman–Crippen LogP) is 14.2. The topological polar surface area (TPSA) is 35.6 Å². The number of aromatic nitrogens is 4. The minimum absolute atomic E-state index is 0.662.